The maximum atomic E-state index is 9.89. The van der Waals surface area contributed by atoms with Crippen molar-refractivity contribution in [3.63, 3.8) is 0 Å². The molecule has 0 aromatic rings. The van der Waals surface area contributed by atoms with Crippen LogP contribution in [0.2, 0.25) is 0 Å². The van der Waals surface area contributed by atoms with Gasteiger partial charge in [0, 0.05) is 6.54 Å². The van der Waals surface area contributed by atoms with Crippen LogP contribution in [0.5, 0.6) is 0 Å². The molecule has 0 rings (SSSR count). The van der Waals surface area contributed by atoms with Gasteiger partial charge in [-0.25, -0.2) is 0 Å². The van der Waals surface area contributed by atoms with Crippen molar-refractivity contribution in [2.45, 2.75) is 46.3 Å². The van der Waals surface area contributed by atoms with E-state index < -0.39 is 5.60 Å². The Morgan fingerprint density at radius 3 is 2.29 bits per heavy atom. The average Bonchev–Trinajstić information content (AvgIpc) is 2.00. The van der Waals surface area contributed by atoms with Crippen LogP contribution in [0.3, 0.4) is 0 Å². The highest BCUT2D eigenvalue weighted by Crippen LogP contribution is 2.04. The van der Waals surface area contributed by atoms with Crippen molar-refractivity contribution >= 4 is 0 Å². The zero-order chi connectivity index (χ0) is 11.2. The van der Waals surface area contributed by atoms with E-state index in [0.29, 0.717) is 19.1 Å². The average molecular weight is 203 g/mol. The van der Waals surface area contributed by atoms with Crippen molar-refractivity contribution in [1.29, 1.82) is 0 Å². The van der Waals surface area contributed by atoms with Crippen molar-refractivity contribution in [1.82, 2.24) is 5.32 Å². The maximum Gasteiger partial charge on any atom is 0.0975 e. The molecular weight excluding hydrogens is 178 g/mol. The molecule has 86 valence electrons. The van der Waals surface area contributed by atoms with E-state index in [4.69, 9.17) is 4.74 Å². The zero-order valence-corrected chi connectivity index (χ0v) is 10.1. The molecule has 3 nitrogen and oxygen atoms in total. The van der Waals surface area contributed by atoms with Gasteiger partial charge in [-0.2, -0.15) is 0 Å². The molecule has 0 heterocycles. The van der Waals surface area contributed by atoms with Gasteiger partial charge in [-0.05, 0) is 33.2 Å². The van der Waals surface area contributed by atoms with Crippen molar-refractivity contribution in [3.8, 4) is 0 Å². The summed E-state index contributed by atoms with van der Waals surface area (Å²) >= 11 is 0. The summed E-state index contributed by atoms with van der Waals surface area (Å²) in [6, 6.07) is 0. The highest BCUT2D eigenvalue weighted by molar-refractivity contribution is 4.75. The molecule has 14 heavy (non-hydrogen) atoms. The van der Waals surface area contributed by atoms with E-state index in [1.807, 2.05) is 13.8 Å². The number of nitrogens with one attached hydrogen (secondary N) is 1. The van der Waals surface area contributed by atoms with Gasteiger partial charge >= 0.3 is 0 Å². The van der Waals surface area contributed by atoms with E-state index in [2.05, 4.69) is 19.2 Å². The lowest BCUT2D eigenvalue weighted by Gasteiger charge is -2.25. The third-order valence-corrected chi connectivity index (χ3v) is 1.79. The van der Waals surface area contributed by atoms with Gasteiger partial charge in [0.05, 0.1) is 18.3 Å². The lowest BCUT2D eigenvalue weighted by molar-refractivity contribution is -0.0522. The first-order valence-electron chi connectivity index (χ1n) is 5.38. The van der Waals surface area contributed by atoms with Gasteiger partial charge in [0.15, 0.2) is 0 Å². The zero-order valence-electron chi connectivity index (χ0n) is 10.1. The first-order valence-corrected chi connectivity index (χ1v) is 5.38. The van der Waals surface area contributed by atoms with Crippen LogP contribution >= 0.6 is 0 Å². The van der Waals surface area contributed by atoms with Crippen LogP contribution in [0.1, 0.15) is 34.6 Å². The Hall–Kier alpha value is -0.120. The third kappa shape index (κ3) is 8.48. The van der Waals surface area contributed by atoms with Crippen LogP contribution in [-0.4, -0.2) is 36.5 Å². The van der Waals surface area contributed by atoms with E-state index in [-0.39, 0.29) is 6.10 Å². The Kier molecular flexibility index (Phi) is 6.33. The Morgan fingerprint density at radius 1 is 1.29 bits per heavy atom. The lowest BCUT2D eigenvalue weighted by atomic mass is 10.1. The Balaban J connectivity index is 3.61. The standard InChI is InChI=1S/C11H25NO2/c1-9(2)6-12-7-11(5,13)8-14-10(3)4/h9-10,12-13H,6-8H2,1-5H3. The highest BCUT2D eigenvalue weighted by atomic mass is 16.5. The highest BCUT2D eigenvalue weighted by Gasteiger charge is 2.20. The summed E-state index contributed by atoms with van der Waals surface area (Å²) in [4.78, 5) is 0. The molecule has 0 spiro atoms. The van der Waals surface area contributed by atoms with Gasteiger partial charge in [0.2, 0.25) is 0 Å². The van der Waals surface area contributed by atoms with Gasteiger partial charge in [-0.15, -0.1) is 0 Å². The fourth-order valence-corrected chi connectivity index (χ4v) is 1.03. The molecule has 0 aliphatic rings. The minimum absolute atomic E-state index is 0.173. The first-order chi connectivity index (χ1) is 6.33. The number of hydrogen-bond donors (Lipinski definition) is 2. The van der Waals surface area contributed by atoms with Gasteiger partial charge < -0.3 is 15.2 Å². The topological polar surface area (TPSA) is 41.5 Å². The summed E-state index contributed by atoms with van der Waals surface area (Å²) in [5.74, 6) is 0.608. The van der Waals surface area contributed by atoms with Gasteiger partial charge in [-0.1, -0.05) is 13.8 Å². The maximum absolute atomic E-state index is 9.89. The van der Waals surface area contributed by atoms with Crippen LogP contribution in [-0.2, 0) is 4.74 Å². The van der Waals surface area contributed by atoms with Crippen molar-refractivity contribution < 1.29 is 9.84 Å². The SMILES string of the molecule is CC(C)CNCC(C)(O)COC(C)C. The summed E-state index contributed by atoms with van der Waals surface area (Å²) in [7, 11) is 0. The van der Waals surface area contributed by atoms with Crippen molar-refractivity contribution in [2.24, 2.45) is 5.92 Å². The predicted octanol–water partition coefficient (Wildman–Crippen LogP) is 1.41. The van der Waals surface area contributed by atoms with Gasteiger partial charge in [-0.3, -0.25) is 0 Å². The van der Waals surface area contributed by atoms with Crippen LogP contribution in [0.25, 0.3) is 0 Å². The molecular formula is C11H25NO2. The molecule has 3 heteroatoms. The van der Waals surface area contributed by atoms with Gasteiger partial charge in [0.25, 0.3) is 0 Å². The van der Waals surface area contributed by atoms with Crippen LogP contribution in [0.4, 0.5) is 0 Å². The monoisotopic (exact) mass is 203 g/mol. The van der Waals surface area contributed by atoms with Crippen molar-refractivity contribution in [3.05, 3.63) is 0 Å². The summed E-state index contributed by atoms with van der Waals surface area (Å²) < 4.78 is 5.37. The second kappa shape index (κ2) is 6.38. The molecule has 1 unspecified atom stereocenters. The molecule has 1 atom stereocenters. The van der Waals surface area contributed by atoms with E-state index in [1.165, 1.54) is 0 Å². The van der Waals surface area contributed by atoms with E-state index in [9.17, 15) is 5.11 Å². The predicted molar refractivity (Wildman–Crippen MR) is 59.4 cm³/mol. The fraction of sp³-hybridized carbons (Fsp3) is 1.00. The third-order valence-electron chi connectivity index (χ3n) is 1.79. The second-order valence-corrected chi connectivity index (χ2v) is 4.88. The van der Waals surface area contributed by atoms with E-state index >= 15 is 0 Å². The summed E-state index contributed by atoms with van der Waals surface area (Å²) in [5, 5.41) is 13.1. The molecule has 0 aromatic heterocycles. The molecule has 0 radical (unpaired) electrons. The Bertz CT molecular complexity index is 144. The van der Waals surface area contributed by atoms with E-state index in [1.54, 1.807) is 6.92 Å². The lowest BCUT2D eigenvalue weighted by Crippen LogP contribution is -2.43. The quantitative estimate of drug-likeness (QED) is 0.657. The molecule has 0 aliphatic carbocycles. The fourth-order valence-electron chi connectivity index (χ4n) is 1.03. The van der Waals surface area contributed by atoms with Crippen molar-refractivity contribution in [2.75, 3.05) is 19.7 Å². The number of ether oxygens (including phenoxy) is 1. The molecule has 0 aromatic carbocycles. The van der Waals surface area contributed by atoms with Gasteiger partial charge in [0.1, 0.15) is 0 Å². The first kappa shape index (κ1) is 13.9. The van der Waals surface area contributed by atoms with Crippen LogP contribution < -0.4 is 5.32 Å². The number of aliphatic hydroxyl groups is 1. The molecule has 2 N–H and O–H groups in total. The van der Waals surface area contributed by atoms with Crippen LogP contribution in [0.15, 0.2) is 0 Å². The number of rotatable bonds is 7. The summed E-state index contributed by atoms with van der Waals surface area (Å²) in [6.07, 6.45) is 0.173. The number of hydrogen-bond acceptors (Lipinski definition) is 3. The smallest absolute Gasteiger partial charge is 0.0975 e. The normalized spacial score (nSPS) is 16.3. The molecule has 0 fully saturated rings. The molecule has 0 saturated heterocycles. The molecule has 0 bridgehead atoms. The minimum atomic E-state index is -0.765. The Morgan fingerprint density at radius 2 is 1.86 bits per heavy atom. The Labute approximate surface area is 87.8 Å². The summed E-state index contributed by atoms with van der Waals surface area (Å²) in [5.41, 5.74) is -0.765. The molecule has 0 saturated carbocycles. The van der Waals surface area contributed by atoms with Crippen LogP contribution in [0, 0.1) is 5.92 Å². The van der Waals surface area contributed by atoms with E-state index in [0.717, 1.165) is 6.54 Å². The molecule has 0 amide bonds. The minimum Gasteiger partial charge on any atom is -0.386 e. The molecule has 0 aliphatic heterocycles. The second-order valence-electron chi connectivity index (χ2n) is 4.88. The largest absolute Gasteiger partial charge is 0.386 e. The summed E-state index contributed by atoms with van der Waals surface area (Å²) in [6.45, 7) is 11.9.